The number of carbonyl (C=O) groups is 1. The van der Waals surface area contributed by atoms with E-state index in [2.05, 4.69) is 40.2 Å². The number of piperazine rings is 1. The highest BCUT2D eigenvalue weighted by atomic mass is 35.5. The fourth-order valence-electron chi connectivity index (χ4n) is 3.37. The molecular weight excluding hydrogens is 346 g/mol. The second kappa shape index (κ2) is 8.56. The minimum atomic E-state index is -0.124. The molecule has 26 heavy (non-hydrogen) atoms. The summed E-state index contributed by atoms with van der Waals surface area (Å²) in [5.74, 6) is 0.0858. The van der Waals surface area contributed by atoms with Crippen molar-refractivity contribution in [1.29, 1.82) is 0 Å². The van der Waals surface area contributed by atoms with Crippen molar-refractivity contribution in [1.82, 2.24) is 10.2 Å². The van der Waals surface area contributed by atoms with Crippen molar-refractivity contribution < 1.29 is 4.79 Å². The normalized spacial score (nSPS) is 16.3. The lowest BCUT2D eigenvalue weighted by Gasteiger charge is -2.38. The summed E-state index contributed by atoms with van der Waals surface area (Å²) in [7, 11) is 0. The molecule has 0 bridgehead atoms. The molecule has 2 aromatic rings. The van der Waals surface area contributed by atoms with Gasteiger partial charge in [-0.3, -0.25) is 9.69 Å². The summed E-state index contributed by atoms with van der Waals surface area (Å²) in [6, 6.07) is 16.1. The molecule has 1 aliphatic heterocycles. The zero-order valence-electron chi connectivity index (χ0n) is 15.4. The first kappa shape index (κ1) is 18.7. The highest BCUT2D eigenvalue weighted by Crippen LogP contribution is 2.21. The SMILES string of the molecule is Cc1cccc(CNC(=O)C(C)N2CCN(c3cccc(Cl)c3)CC2)c1. The van der Waals surface area contributed by atoms with Crippen LogP contribution in [0.1, 0.15) is 18.1 Å². The van der Waals surface area contributed by atoms with Crippen LogP contribution in [-0.4, -0.2) is 43.0 Å². The van der Waals surface area contributed by atoms with E-state index in [1.165, 1.54) is 5.56 Å². The van der Waals surface area contributed by atoms with Crippen LogP contribution >= 0.6 is 11.6 Å². The summed E-state index contributed by atoms with van der Waals surface area (Å²) in [6.07, 6.45) is 0. The minimum absolute atomic E-state index is 0.0858. The Hall–Kier alpha value is -2.04. The van der Waals surface area contributed by atoms with Crippen molar-refractivity contribution in [2.24, 2.45) is 0 Å². The fourth-order valence-corrected chi connectivity index (χ4v) is 3.55. The van der Waals surface area contributed by atoms with E-state index in [0.29, 0.717) is 6.54 Å². The quantitative estimate of drug-likeness (QED) is 0.874. The number of nitrogens with one attached hydrogen (secondary N) is 1. The van der Waals surface area contributed by atoms with Gasteiger partial charge in [0, 0.05) is 43.4 Å². The van der Waals surface area contributed by atoms with Crippen molar-refractivity contribution in [3.8, 4) is 0 Å². The highest BCUT2D eigenvalue weighted by molar-refractivity contribution is 6.30. The maximum Gasteiger partial charge on any atom is 0.237 e. The Morgan fingerprint density at radius 1 is 1.12 bits per heavy atom. The first-order valence-electron chi connectivity index (χ1n) is 9.11. The molecule has 4 nitrogen and oxygen atoms in total. The molecule has 138 valence electrons. The molecule has 5 heteroatoms. The van der Waals surface area contributed by atoms with E-state index >= 15 is 0 Å². The molecule has 0 saturated carbocycles. The zero-order valence-corrected chi connectivity index (χ0v) is 16.2. The Kier molecular flexibility index (Phi) is 6.17. The number of carbonyl (C=O) groups excluding carboxylic acids is 1. The molecule has 1 unspecified atom stereocenters. The summed E-state index contributed by atoms with van der Waals surface area (Å²) >= 11 is 6.09. The van der Waals surface area contributed by atoms with Crippen molar-refractivity contribution in [2.75, 3.05) is 31.1 Å². The Morgan fingerprint density at radius 3 is 2.54 bits per heavy atom. The maximum absolute atomic E-state index is 12.5. The average Bonchev–Trinajstić information content (AvgIpc) is 2.66. The average molecular weight is 372 g/mol. The smallest absolute Gasteiger partial charge is 0.237 e. The van der Waals surface area contributed by atoms with Crippen molar-refractivity contribution in [3.05, 3.63) is 64.7 Å². The molecule has 1 fully saturated rings. The third kappa shape index (κ3) is 4.77. The number of benzene rings is 2. The van der Waals surface area contributed by atoms with Crippen LogP contribution in [0.15, 0.2) is 48.5 Å². The van der Waals surface area contributed by atoms with E-state index in [1.54, 1.807) is 0 Å². The van der Waals surface area contributed by atoms with Gasteiger partial charge in [0.1, 0.15) is 0 Å². The number of amides is 1. The molecule has 0 spiro atoms. The third-order valence-corrected chi connectivity index (χ3v) is 5.20. The monoisotopic (exact) mass is 371 g/mol. The van der Waals surface area contributed by atoms with Gasteiger partial charge in [-0.1, -0.05) is 47.5 Å². The van der Waals surface area contributed by atoms with E-state index in [1.807, 2.05) is 37.3 Å². The van der Waals surface area contributed by atoms with E-state index in [0.717, 1.165) is 42.5 Å². The fraction of sp³-hybridized carbons (Fsp3) is 0.381. The van der Waals surface area contributed by atoms with Gasteiger partial charge in [0.2, 0.25) is 5.91 Å². The third-order valence-electron chi connectivity index (χ3n) is 4.96. The number of rotatable bonds is 5. The van der Waals surface area contributed by atoms with Gasteiger partial charge in [-0.15, -0.1) is 0 Å². The number of nitrogens with zero attached hydrogens (tertiary/aromatic N) is 2. The van der Waals surface area contributed by atoms with Gasteiger partial charge in [-0.25, -0.2) is 0 Å². The zero-order chi connectivity index (χ0) is 18.5. The lowest BCUT2D eigenvalue weighted by Crippen LogP contribution is -2.53. The molecule has 1 saturated heterocycles. The number of aryl methyl sites for hydroxylation is 1. The van der Waals surface area contributed by atoms with E-state index in [4.69, 9.17) is 11.6 Å². The second-order valence-electron chi connectivity index (χ2n) is 6.89. The predicted octanol–water partition coefficient (Wildman–Crippen LogP) is 3.48. The Balaban J connectivity index is 1.49. The van der Waals surface area contributed by atoms with Gasteiger partial charge in [0.15, 0.2) is 0 Å². The van der Waals surface area contributed by atoms with Crippen LogP contribution in [0.25, 0.3) is 0 Å². The van der Waals surface area contributed by atoms with Crippen LogP contribution in [0.3, 0.4) is 0 Å². The molecule has 0 aliphatic carbocycles. The van der Waals surface area contributed by atoms with Crippen LogP contribution in [0.2, 0.25) is 5.02 Å². The lowest BCUT2D eigenvalue weighted by atomic mass is 10.1. The van der Waals surface area contributed by atoms with Crippen molar-refractivity contribution in [3.63, 3.8) is 0 Å². The van der Waals surface area contributed by atoms with Crippen molar-refractivity contribution in [2.45, 2.75) is 26.4 Å². The van der Waals surface area contributed by atoms with E-state index in [-0.39, 0.29) is 11.9 Å². The molecular formula is C21H26ClN3O. The van der Waals surface area contributed by atoms with Crippen LogP contribution in [0.5, 0.6) is 0 Å². The van der Waals surface area contributed by atoms with E-state index in [9.17, 15) is 4.79 Å². The molecule has 1 N–H and O–H groups in total. The molecule has 1 atom stereocenters. The number of hydrogen-bond acceptors (Lipinski definition) is 3. The molecule has 0 radical (unpaired) electrons. The molecule has 2 aromatic carbocycles. The Labute approximate surface area is 160 Å². The summed E-state index contributed by atoms with van der Waals surface area (Å²) in [6.45, 7) is 8.16. The summed E-state index contributed by atoms with van der Waals surface area (Å²) in [5.41, 5.74) is 3.49. The Bertz CT molecular complexity index is 756. The predicted molar refractivity (Wildman–Crippen MR) is 108 cm³/mol. The minimum Gasteiger partial charge on any atom is -0.369 e. The van der Waals surface area contributed by atoms with E-state index < -0.39 is 0 Å². The van der Waals surface area contributed by atoms with Crippen molar-refractivity contribution >= 4 is 23.2 Å². The first-order chi connectivity index (χ1) is 12.5. The van der Waals surface area contributed by atoms with Crippen LogP contribution in [-0.2, 0) is 11.3 Å². The lowest BCUT2D eigenvalue weighted by molar-refractivity contribution is -0.126. The van der Waals surface area contributed by atoms with Crippen LogP contribution in [0, 0.1) is 6.92 Å². The topological polar surface area (TPSA) is 35.6 Å². The second-order valence-corrected chi connectivity index (χ2v) is 7.32. The number of halogens is 1. The Morgan fingerprint density at radius 2 is 1.85 bits per heavy atom. The standard InChI is InChI=1S/C21H26ClN3O/c1-16-5-3-6-18(13-16)15-23-21(26)17(2)24-9-11-25(12-10-24)20-8-4-7-19(22)14-20/h3-8,13-14,17H,9-12,15H2,1-2H3,(H,23,26). The van der Waals surface area contributed by atoms with Gasteiger partial charge in [0.25, 0.3) is 0 Å². The molecule has 1 amide bonds. The van der Waals surface area contributed by atoms with Gasteiger partial charge >= 0.3 is 0 Å². The molecule has 1 heterocycles. The van der Waals surface area contributed by atoms with Gasteiger partial charge in [0.05, 0.1) is 6.04 Å². The molecule has 0 aromatic heterocycles. The summed E-state index contributed by atoms with van der Waals surface area (Å²) in [5, 5.41) is 3.82. The largest absolute Gasteiger partial charge is 0.369 e. The first-order valence-corrected chi connectivity index (χ1v) is 9.48. The van der Waals surface area contributed by atoms with Crippen LogP contribution < -0.4 is 10.2 Å². The van der Waals surface area contributed by atoms with Gasteiger partial charge in [-0.05, 0) is 37.6 Å². The number of hydrogen-bond donors (Lipinski definition) is 1. The highest BCUT2D eigenvalue weighted by Gasteiger charge is 2.25. The maximum atomic E-state index is 12.5. The van der Waals surface area contributed by atoms with Crippen LogP contribution in [0.4, 0.5) is 5.69 Å². The molecule has 1 aliphatic rings. The van der Waals surface area contributed by atoms with Gasteiger partial charge < -0.3 is 10.2 Å². The summed E-state index contributed by atoms with van der Waals surface area (Å²) in [4.78, 5) is 17.1. The summed E-state index contributed by atoms with van der Waals surface area (Å²) < 4.78 is 0. The van der Waals surface area contributed by atoms with Gasteiger partial charge in [-0.2, -0.15) is 0 Å². The molecule has 3 rings (SSSR count). The number of anilines is 1.